The third-order valence-electron chi connectivity index (χ3n) is 3.27. The average Bonchev–Trinajstić information content (AvgIpc) is 2.52. The van der Waals surface area contributed by atoms with Crippen molar-refractivity contribution >= 4 is 0 Å². The van der Waals surface area contributed by atoms with Crippen molar-refractivity contribution in [3.05, 3.63) is 27.9 Å². The number of nitrogens with two attached hydrogens (primary N) is 1. The first kappa shape index (κ1) is 12.3. The first-order valence-corrected chi connectivity index (χ1v) is 6.04. The molecule has 0 fully saturated rings. The molecule has 0 saturated carbocycles. The molecule has 0 amide bonds. The zero-order valence-corrected chi connectivity index (χ0v) is 10.2. The number of fused-ring (bicyclic) bond motifs is 1. The molecule has 5 nitrogen and oxygen atoms in total. The number of methoxy groups -OCH3 is 1. The summed E-state index contributed by atoms with van der Waals surface area (Å²) in [5.41, 5.74) is 7.77. The van der Waals surface area contributed by atoms with Crippen LogP contribution < -0.4 is 11.3 Å². The zero-order chi connectivity index (χ0) is 12.3. The van der Waals surface area contributed by atoms with Gasteiger partial charge in [0.15, 0.2) is 0 Å². The second kappa shape index (κ2) is 5.42. The summed E-state index contributed by atoms with van der Waals surface area (Å²) in [6.07, 6.45) is 4.98. The molecule has 0 aliphatic heterocycles. The average molecular weight is 237 g/mol. The van der Waals surface area contributed by atoms with Crippen LogP contribution in [0.15, 0.2) is 11.1 Å². The normalized spacial score (nSPS) is 19.8. The summed E-state index contributed by atoms with van der Waals surface area (Å²) in [5.74, 6) is 0. The standard InChI is InChI=1S/C12H19N3O2/c1-17-7-6-15-8-14-11-5-3-9(13)2-4-10(11)12(15)16/h8-9H,2-7,13H2,1H3/t9-/m0/s1. The molecule has 1 heterocycles. The lowest BCUT2D eigenvalue weighted by molar-refractivity contribution is 0.185. The van der Waals surface area contributed by atoms with E-state index in [0.29, 0.717) is 13.2 Å². The van der Waals surface area contributed by atoms with Crippen LogP contribution in [0.3, 0.4) is 0 Å². The fraction of sp³-hybridized carbons (Fsp3) is 0.667. The number of hydrogen-bond donors (Lipinski definition) is 1. The van der Waals surface area contributed by atoms with Gasteiger partial charge in [0, 0.05) is 18.7 Å². The van der Waals surface area contributed by atoms with Gasteiger partial charge in [-0.1, -0.05) is 0 Å². The van der Waals surface area contributed by atoms with Crippen LogP contribution in [0.4, 0.5) is 0 Å². The van der Waals surface area contributed by atoms with Crippen molar-refractivity contribution in [1.82, 2.24) is 9.55 Å². The Morgan fingerprint density at radius 3 is 3.06 bits per heavy atom. The topological polar surface area (TPSA) is 70.1 Å². The SMILES string of the molecule is COCCn1cnc2c(c1=O)CC[C@H](N)CC2. The summed E-state index contributed by atoms with van der Waals surface area (Å²) in [6.45, 7) is 1.08. The van der Waals surface area contributed by atoms with Gasteiger partial charge < -0.3 is 10.5 Å². The van der Waals surface area contributed by atoms with E-state index in [2.05, 4.69) is 4.98 Å². The van der Waals surface area contributed by atoms with Crippen LogP contribution in [-0.4, -0.2) is 29.3 Å². The van der Waals surface area contributed by atoms with Crippen molar-refractivity contribution in [3.63, 3.8) is 0 Å². The molecular weight excluding hydrogens is 218 g/mol. The van der Waals surface area contributed by atoms with E-state index in [1.807, 2.05) is 0 Å². The van der Waals surface area contributed by atoms with Crippen LogP contribution in [-0.2, 0) is 24.1 Å². The van der Waals surface area contributed by atoms with E-state index in [4.69, 9.17) is 10.5 Å². The molecule has 94 valence electrons. The Bertz CT molecular complexity index is 442. The number of nitrogens with zero attached hydrogens (tertiary/aromatic N) is 2. The van der Waals surface area contributed by atoms with Gasteiger partial charge in [0.05, 0.1) is 25.2 Å². The molecule has 5 heteroatoms. The lowest BCUT2D eigenvalue weighted by Crippen LogP contribution is -2.27. The molecule has 0 unspecified atom stereocenters. The minimum Gasteiger partial charge on any atom is -0.383 e. The van der Waals surface area contributed by atoms with E-state index in [9.17, 15) is 4.79 Å². The van der Waals surface area contributed by atoms with Gasteiger partial charge in [-0.25, -0.2) is 4.98 Å². The van der Waals surface area contributed by atoms with E-state index in [1.165, 1.54) is 0 Å². The molecule has 2 rings (SSSR count). The van der Waals surface area contributed by atoms with E-state index in [0.717, 1.165) is 36.9 Å². The largest absolute Gasteiger partial charge is 0.383 e. The Morgan fingerprint density at radius 1 is 1.53 bits per heavy atom. The highest BCUT2D eigenvalue weighted by atomic mass is 16.5. The quantitative estimate of drug-likeness (QED) is 0.757. The second-order valence-electron chi connectivity index (χ2n) is 4.50. The van der Waals surface area contributed by atoms with Gasteiger partial charge >= 0.3 is 0 Å². The fourth-order valence-electron chi connectivity index (χ4n) is 2.18. The Hall–Kier alpha value is -1.20. The van der Waals surface area contributed by atoms with Gasteiger partial charge in [-0.3, -0.25) is 9.36 Å². The lowest BCUT2D eigenvalue weighted by Gasteiger charge is -2.09. The molecule has 1 atom stereocenters. The summed E-state index contributed by atoms with van der Waals surface area (Å²) in [6, 6.07) is 0.191. The molecule has 2 N–H and O–H groups in total. The van der Waals surface area contributed by atoms with Crippen LogP contribution in [0, 0.1) is 0 Å². The number of aromatic nitrogens is 2. The number of aryl methyl sites for hydroxylation is 1. The molecule has 0 aromatic carbocycles. The Morgan fingerprint density at radius 2 is 2.29 bits per heavy atom. The molecule has 0 radical (unpaired) electrons. The van der Waals surface area contributed by atoms with Crippen LogP contribution in [0.5, 0.6) is 0 Å². The van der Waals surface area contributed by atoms with Gasteiger partial charge in [0.1, 0.15) is 0 Å². The van der Waals surface area contributed by atoms with Gasteiger partial charge in [0.25, 0.3) is 5.56 Å². The van der Waals surface area contributed by atoms with Gasteiger partial charge in [-0.2, -0.15) is 0 Å². The van der Waals surface area contributed by atoms with Crippen LogP contribution in [0.25, 0.3) is 0 Å². The first-order valence-electron chi connectivity index (χ1n) is 6.04. The molecule has 0 saturated heterocycles. The molecule has 0 spiro atoms. The molecule has 1 aromatic heterocycles. The maximum absolute atomic E-state index is 12.2. The number of ether oxygens (including phenoxy) is 1. The summed E-state index contributed by atoms with van der Waals surface area (Å²) in [7, 11) is 1.63. The van der Waals surface area contributed by atoms with Crippen molar-refractivity contribution in [3.8, 4) is 0 Å². The summed E-state index contributed by atoms with van der Waals surface area (Å²) >= 11 is 0. The van der Waals surface area contributed by atoms with Gasteiger partial charge in [0.2, 0.25) is 0 Å². The molecule has 0 bridgehead atoms. The van der Waals surface area contributed by atoms with Crippen LogP contribution >= 0.6 is 0 Å². The third kappa shape index (κ3) is 2.73. The van der Waals surface area contributed by atoms with E-state index < -0.39 is 0 Å². The van der Waals surface area contributed by atoms with Crippen molar-refractivity contribution < 1.29 is 4.74 Å². The Balaban J connectivity index is 2.28. The Kier molecular flexibility index (Phi) is 3.91. The number of hydrogen-bond acceptors (Lipinski definition) is 4. The van der Waals surface area contributed by atoms with E-state index in [1.54, 1.807) is 18.0 Å². The molecule has 1 aliphatic carbocycles. The summed E-state index contributed by atoms with van der Waals surface area (Å²) in [5, 5.41) is 0. The minimum atomic E-state index is 0.0705. The smallest absolute Gasteiger partial charge is 0.256 e. The molecule has 1 aliphatic rings. The first-order chi connectivity index (χ1) is 8.22. The van der Waals surface area contributed by atoms with Crippen molar-refractivity contribution in [2.24, 2.45) is 5.73 Å². The van der Waals surface area contributed by atoms with Crippen LogP contribution in [0.2, 0.25) is 0 Å². The predicted octanol–water partition coefficient (Wildman–Crippen LogP) is 0.0958. The lowest BCUT2D eigenvalue weighted by atomic mass is 10.1. The highest BCUT2D eigenvalue weighted by molar-refractivity contribution is 5.19. The third-order valence-corrected chi connectivity index (χ3v) is 3.27. The van der Waals surface area contributed by atoms with E-state index >= 15 is 0 Å². The molecule has 1 aromatic rings. The van der Waals surface area contributed by atoms with Crippen molar-refractivity contribution in [2.75, 3.05) is 13.7 Å². The second-order valence-corrected chi connectivity index (χ2v) is 4.50. The number of rotatable bonds is 3. The predicted molar refractivity (Wildman–Crippen MR) is 65.0 cm³/mol. The highest BCUT2D eigenvalue weighted by Crippen LogP contribution is 2.14. The monoisotopic (exact) mass is 237 g/mol. The maximum atomic E-state index is 12.2. The van der Waals surface area contributed by atoms with Crippen molar-refractivity contribution in [1.29, 1.82) is 0 Å². The fourth-order valence-corrected chi connectivity index (χ4v) is 2.18. The zero-order valence-electron chi connectivity index (χ0n) is 10.2. The van der Waals surface area contributed by atoms with Gasteiger partial charge in [-0.05, 0) is 25.7 Å². The van der Waals surface area contributed by atoms with Gasteiger partial charge in [-0.15, -0.1) is 0 Å². The Labute approximate surface area is 101 Å². The van der Waals surface area contributed by atoms with Crippen molar-refractivity contribution in [2.45, 2.75) is 38.3 Å². The molecular formula is C12H19N3O2. The summed E-state index contributed by atoms with van der Waals surface area (Å²) in [4.78, 5) is 16.6. The minimum absolute atomic E-state index is 0.0705. The molecule has 17 heavy (non-hydrogen) atoms. The summed E-state index contributed by atoms with van der Waals surface area (Å²) < 4.78 is 6.60. The maximum Gasteiger partial charge on any atom is 0.256 e. The highest BCUT2D eigenvalue weighted by Gasteiger charge is 2.17. The van der Waals surface area contributed by atoms with Crippen LogP contribution in [0.1, 0.15) is 24.1 Å². The van der Waals surface area contributed by atoms with E-state index in [-0.39, 0.29) is 11.6 Å².